The molecule has 0 spiro atoms. The van der Waals surface area contributed by atoms with E-state index in [2.05, 4.69) is 10.3 Å². The minimum atomic E-state index is -0.618. The van der Waals surface area contributed by atoms with Gasteiger partial charge in [-0.3, -0.25) is 0 Å². The number of nitrogens with zero attached hydrogens (tertiary/aromatic N) is 1. The van der Waals surface area contributed by atoms with E-state index in [0.717, 1.165) is 11.3 Å². The number of esters is 1. The van der Waals surface area contributed by atoms with E-state index in [1.54, 1.807) is 12.1 Å². The molecule has 0 bridgehead atoms. The van der Waals surface area contributed by atoms with Crippen LogP contribution in [0.4, 0.5) is 5.13 Å². The molecule has 0 amide bonds. The van der Waals surface area contributed by atoms with Crippen LogP contribution in [0.25, 0.3) is 11.3 Å². The van der Waals surface area contributed by atoms with Crippen LogP contribution in [-0.4, -0.2) is 25.2 Å². The first-order valence-corrected chi connectivity index (χ1v) is 8.82. The summed E-state index contributed by atoms with van der Waals surface area (Å²) in [5, 5.41) is 5.81. The van der Waals surface area contributed by atoms with Gasteiger partial charge in [0.15, 0.2) is 16.6 Å². The third-order valence-corrected chi connectivity index (χ3v) is 4.89. The molecule has 1 aromatic heterocycles. The summed E-state index contributed by atoms with van der Waals surface area (Å²) in [7, 11) is 3.03. The van der Waals surface area contributed by atoms with Gasteiger partial charge < -0.3 is 19.5 Å². The summed E-state index contributed by atoms with van der Waals surface area (Å²) in [6.07, 6.45) is -0.618. The number of rotatable bonds is 5. The third-order valence-electron chi connectivity index (χ3n) is 4.12. The summed E-state index contributed by atoms with van der Waals surface area (Å²) in [4.78, 5) is 16.9. The van der Waals surface area contributed by atoms with Crippen molar-refractivity contribution in [2.75, 3.05) is 19.5 Å². The number of hydrogen-bond acceptors (Lipinski definition) is 7. The Morgan fingerprint density at radius 1 is 1.12 bits per heavy atom. The Bertz CT molecular complexity index is 955. The predicted octanol–water partition coefficient (Wildman–Crippen LogP) is 4.11. The second-order valence-corrected chi connectivity index (χ2v) is 6.46. The van der Waals surface area contributed by atoms with Gasteiger partial charge in [-0.05, 0) is 12.1 Å². The van der Waals surface area contributed by atoms with Gasteiger partial charge in [-0.1, -0.05) is 30.3 Å². The number of ether oxygens (including phenoxy) is 3. The fourth-order valence-electron chi connectivity index (χ4n) is 2.90. The summed E-state index contributed by atoms with van der Waals surface area (Å²) < 4.78 is 16.1. The molecule has 0 unspecified atom stereocenters. The predicted molar refractivity (Wildman–Crippen MR) is 98.9 cm³/mol. The molecule has 0 saturated heterocycles. The summed E-state index contributed by atoms with van der Waals surface area (Å²) in [5.74, 6) is 0.418. The molecule has 0 saturated carbocycles. The van der Waals surface area contributed by atoms with Gasteiger partial charge in [-0.25, -0.2) is 9.78 Å². The number of carbonyl (C=O) groups is 1. The van der Waals surface area contributed by atoms with E-state index < -0.39 is 12.2 Å². The smallest absolute Gasteiger partial charge is 0.344 e. The molecule has 132 valence electrons. The fourth-order valence-corrected chi connectivity index (χ4v) is 3.64. The Morgan fingerprint density at radius 2 is 1.92 bits per heavy atom. The van der Waals surface area contributed by atoms with Crippen molar-refractivity contribution in [2.45, 2.75) is 6.23 Å². The van der Waals surface area contributed by atoms with Crippen molar-refractivity contribution < 1.29 is 19.0 Å². The minimum Gasteiger partial charge on any atom is -0.493 e. The average Bonchev–Trinajstić information content (AvgIpc) is 3.27. The van der Waals surface area contributed by atoms with Gasteiger partial charge in [-0.15, -0.1) is 11.3 Å². The number of hydrogen-bond donors (Lipinski definition) is 1. The van der Waals surface area contributed by atoms with Crippen LogP contribution in [-0.2, 0) is 4.74 Å². The number of cyclic esters (lactones) is 1. The summed E-state index contributed by atoms with van der Waals surface area (Å²) in [5.41, 5.74) is 2.98. The second kappa shape index (κ2) is 6.68. The number of fused-ring (bicyclic) bond motifs is 1. The molecule has 0 fully saturated rings. The van der Waals surface area contributed by atoms with Gasteiger partial charge in [0.1, 0.15) is 5.56 Å². The van der Waals surface area contributed by atoms with E-state index in [1.165, 1.54) is 25.6 Å². The van der Waals surface area contributed by atoms with Crippen molar-refractivity contribution in [2.24, 2.45) is 0 Å². The van der Waals surface area contributed by atoms with E-state index in [9.17, 15) is 4.79 Å². The first-order valence-electron chi connectivity index (χ1n) is 7.94. The summed E-state index contributed by atoms with van der Waals surface area (Å²) >= 11 is 1.46. The molecule has 1 aliphatic rings. The van der Waals surface area contributed by atoms with Crippen LogP contribution in [0.5, 0.6) is 11.5 Å². The van der Waals surface area contributed by atoms with Crippen molar-refractivity contribution >= 4 is 22.4 Å². The van der Waals surface area contributed by atoms with Crippen molar-refractivity contribution in [1.29, 1.82) is 0 Å². The molecule has 0 aliphatic carbocycles. The molecule has 1 atom stereocenters. The molecule has 0 radical (unpaired) electrons. The van der Waals surface area contributed by atoms with Gasteiger partial charge >= 0.3 is 5.97 Å². The van der Waals surface area contributed by atoms with E-state index in [-0.39, 0.29) is 0 Å². The normalized spacial score (nSPS) is 15.3. The minimum absolute atomic E-state index is 0.378. The molecule has 4 rings (SSSR count). The highest BCUT2D eigenvalue weighted by Gasteiger charge is 2.36. The number of nitrogens with one attached hydrogen (secondary N) is 1. The van der Waals surface area contributed by atoms with E-state index >= 15 is 0 Å². The van der Waals surface area contributed by atoms with Crippen molar-refractivity contribution in [3.8, 4) is 22.8 Å². The molecular weight excluding hydrogens is 352 g/mol. The molecule has 2 heterocycles. The average molecular weight is 368 g/mol. The SMILES string of the molecule is COc1ccc2c(c1OC)C(=O)O[C@H]2Nc1nc(-c2ccccc2)cs1. The van der Waals surface area contributed by atoms with Crippen LogP contribution >= 0.6 is 11.3 Å². The lowest BCUT2D eigenvalue weighted by atomic mass is 10.1. The monoisotopic (exact) mass is 368 g/mol. The third kappa shape index (κ3) is 2.76. The highest BCUT2D eigenvalue weighted by atomic mass is 32.1. The lowest BCUT2D eigenvalue weighted by Crippen LogP contribution is -2.10. The molecule has 26 heavy (non-hydrogen) atoms. The Hall–Kier alpha value is -3.06. The molecular formula is C19H16N2O4S. The zero-order chi connectivity index (χ0) is 18.1. The maximum absolute atomic E-state index is 12.3. The quantitative estimate of drug-likeness (QED) is 0.684. The molecule has 1 aliphatic heterocycles. The largest absolute Gasteiger partial charge is 0.493 e. The Labute approximate surface area is 154 Å². The molecule has 2 aromatic carbocycles. The Morgan fingerprint density at radius 3 is 2.65 bits per heavy atom. The van der Waals surface area contributed by atoms with Crippen LogP contribution < -0.4 is 14.8 Å². The van der Waals surface area contributed by atoms with Crippen molar-refractivity contribution in [1.82, 2.24) is 4.98 Å². The lowest BCUT2D eigenvalue weighted by Gasteiger charge is -2.13. The standard InChI is InChI=1S/C19H16N2O4S/c1-23-14-9-8-12-15(16(14)24-2)18(22)25-17(12)21-19-20-13(10-26-19)11-6-4-3-5-7-11/h3-10,17H,1-2H3,(H,20,21)/t17-/m1/s1. The zero-order valence-corrected chi connectivity index (χ0v) is 15.0. The molecule has 7 heteroatoms. The van der Waals surface area contributed by atoms with Crippen molar-refractivity contribution in [3.63, 3.8) is 0 Å². The lowest BCUT2D eigenvalue weighted by molar-refractivity contribution is 0.0435. The Kier molecular flexibility index (Phi) is 4.22. The summed E-state index contributed by atoms with van der Waals surface area (Å²) in [6, 6.07) is 13.5. The van der Waals surface area contributed by atoms with Crippen LogP contribution in [0.2, 0.25) is 0 Å². The highest BCUT2D eigenvalue weighted by molar-refractivity contribution is 7.14. The van der Waals surface area contributed by atoms with Gasteiger partial charge in [0, 0.05) is 16.5 Å². The maximum atomic E-state index is 12.3. The van der Waals surface area contributed by atoms with Gasteiger partial charge in [0.05, 0.1) is 19.9 Å². The summed E-state index contributed by atoms with van der Waals surface area (Å²) in [6.45, 7) is 0. The van der Waals surface area contributed by atoms with Crippen LogP contribution in [0.1, 0.15) is 22.1 Å². The van der Waals surface area contributed by atoms with Crippen molar-refractivity contribution in [3.05, 3.63) is 59.0 Å². The first kappa shape index (κ1) is 16.4. The van der Waals surface area contributed by atoms with E-state index in [1.807, 2.05) is 35.7 Å². The number of methoxy groups -OCH3 is 2. The van der Waals surface area contributed by atoms with E-state index in [0.29, 0.717) is 27.8 Å². The van der Waals surface area contributed by atoms with E-state index in [4.69, 9.17) is 14.2 Å². The first-order chi connectivity index (χ1) is 12.7. The van der Waals surface area contributed by atoms with Crippen LogP contribution in [0, 0.1) is 0 Å². The second-order valence-electron chi connectivity index (χ2n) is 5.60. The number of aromatic nitrogens is 1. The molecule has 1 N–H and O–H groups in total. The maximum Gasteiger partial charge on any atom is 0.344 e. The Balaban J connectivity index is 1.62. The molecule has 3 aromatic rings. The van der Waals surface area contributed by atoms with Crippen LogP contribution in [0.3, 0.4) is 0 Å². The zero-order valence-electron chi connectivity index (χ0n) is 14.2. The molecule has 6 nitrogen and oxygen atoms in total. The number of benzene rings is 2. The number of anilines is 1. The van der Waals surface area contributed by atoms with Gasteiger partial charge in [0.2, 0.25) is 6.23 Å². The topological polar surface area (TPSA) is 69.7 Å². The number of thiazole rings is 1. The van der Waals surface area contributed by atoms with Gasteiger partial charge in [0.25, 0.3) is 0 Å². The number of carbonyl (C=O) groups excluding carboxylic acids is 1. The van der Waals surface area contributed by atoms with Crippen LogP contribution in [0.15, 0.2) is 47.8 Å². The fraction of sp³-hybridized carbons (Fsp3) is 0.158. The van der Waals surface area contributed by atoms with Gasteiger partial charge in [-0.2, -0.15) is 0 Å². The highest BCUT2D eigenvalue weighted by Crippen LogP contribution is 2.42.